The number of ether oxygens (including phenoxy) is 7. The zero-order valence-corrected chi connectivity index (χ0v) is 75.9. The number of amides is 3. The molecule has 2 rings (SSSR count). The third kappa shape index (κ3) is 78.4. The van der Waals surface area contributed by atoms with Gasteiger partial charge < -0.3 is 77.0 Å². The Bertz CT molecular complexity index is 2250. The topological polar surface area (TPSA) is 424 Å². The Kier molecular flexibility index (Phi) is 85.1. The number of cyclic esters (lactones) is 1. The minimum Gasteiger partial charge on any atom is -1.00 e. The van der Waals surface area contributed by atoms with Gasteiger partial charge in [0.05, 0.1) is 71.0 Å². The molecule has 9 atom stereocenters. The number of hydrogen-bond donors (Lipinski definition) is 5. The van der Waals surface area contributed by atoms with Crippen molar-refractivity contribution in [2.75, 3.05) is 51.2 Å². The summed E-state index contributed by atoms with van der Waals surface area (Å²) < 4.78 is 34.4. The number of carboxylic acid groups (broad SMARTS) is 1. The second kappa shape index (κ2) is 74.6. The number of aliphatic hydroxyl groups is 1. The van der Waals surface area contributed by atoms with Crippen molar-refractivity contribution >= 4 is 104 Å². The summed E-state index contributed by atoms with van der Waals surface area (Å²) in [6.45, 7) is 38.0. The molecule has 3 amide bonds. The quantitative estimate of drug-likeness (QED) is 0.00944. The number of nitrogens with two attached hydrogens (primary N) is 3. The number of aliphatic hydroxyl groups excluding tert-OH is 1. The zero-order chi connectivity index (χ0) is 81.5. The number of aliphatic carboxylic acids is 1. The van der Waals surface area contributed by atoms with Gasteiger partial charge in [0, 0.05) is 49.0 Å². The van der Waals surface area contributed by atoms with E-state index in [2.05, 4.69) is 73.9 Å². The fourth-order valence-electron chi connectivity index (χ4n) is 9.72. The number of rotatable bonds is 36. The second-order valence-electron chi connectivity index (χ2n) is 27.8. The molecule has 27 nitrogen and oxygen atoms in total. The molecular weight excluding hydrogens is 1520 g/mol. The Morgan fingerprint density at radius 3 is 1.22 bits per heavy atom. The molecular formula is C74H140Br2N4Na2O23. The van der Waals surface area contributed by atoms with E-state index in [9.17, 15) is 52.7 Å². The third-order valence-electron chi connectivity index (χ3n) is 14.4. The molecule has 2 heterocycles. The van der Waals surface area contributed by atoms with Crippen molar-refractivity contribution in [2.45, 2.75) is 308 Å². The molecule has 1 unspecified atom stereocenters. The third-order valence-corrected chi connectivity index (χ3v) is 16.2. The normalized spacial score (nSPS) is 15.2. The molecule has 0 saturated carbocycles. The van der Waals surface area contributed by atoms with Crippen LogP contribution >= 0.6 is 31.9 Å². The monoisotopic (exact) mass is 1660 g/mol. The fraction of sp³-hybridized carbons (Fsp3) is 0.838. The molecule has 0 radical (unpaired) electrons. The Hall–Kier alpha value is -3.52. The number of likely N-dealkylation sites (tertiary alicyclic amines) is 1. The summed E-state index contributed by atoms with van der Waals surface area (Å²) in [5.74, 6) is -2.16. The van der Waals surface area contributed by atoms with E-state index in [1.165, 1.54) is 14.2 Å². The standard InChI is InChI=1S/2C12H22O4.C11H20N2O2.C11H22O3.C9H17BrO2.C7H13BrO2.C7H12O2.C4H10N2O.CH2O3.2Na.H/c2*1-6-7-9(11(14)15-5)8-10(13)16-12(2,3)4;1-3-5-8-6-10(14)13(7-8)9(4-2)11(12)15;1-5-6-9(8-12)7-10(13)14-11(2,3)4;1-3-5-8(7-10)6-9(11)12-4-2;1-2-3-6(5-8)4-7(9)10;1-2-3-6-4-7(8)9-5-6;1-2-3(5)4(6)7;2-1-4-3;;;/h2*9H,6-8H2,1-5H3;8-9H,3-7H2,1-2H3,(H2,12,15);9,12H,5-8H2,1-4H3;8H,3-7H2,1-2H3;6H,2-5H2,1H3,(H,9,10);6H,2-5H2,1H3;3H,2,5H2,1H3,(H2,6,7);1,3H;;;/q;;;;;;;;;2*+1;-1/p-1/t9-;;8-,9+;9-;8-;2*6-;3-;;;;/m1.111110..../s1. The summed E-state index contributed by atoms with van der Waals surface area (Å²) >= 11 is 6.67. The molecule has 2 aliphatic rings. The van der Waals surface area contributed by atoms with Crippen molar-refractivity contribution in [1.82, 2.24) is 4.90 Å². The van der Waals surface area contributed by atoms with Gasteiger partial charge in [-0.3, -0.25) is 57.5 Å². The summed E-state index contributed by atoms with van der Waals surface area (Å²) in [5, 5.41) is 27.5. The van der Waals surface area contributed by atoms with Crippen LogP contribution in [0.3, 0.4) is 0 Å². The van der Waals surface area contributed by atoms with Crippen LogP contribution in [0.4, 0.5) is 0 Å². The average molecular weight is 1660 g/mol. The van der Waals surface area contributed by atoms with E-state index in [1.807, 2.05) is 62.3 Å². The van der Waals surface area contributed by atoms with E-state index in [0.717, 1.165) is 87.7 Å². The van der Waals surface area contributed by atoms with Crippen LogP contribution in [-0.4, -0.2) is 167 Å². The maximum atomic E-state index is 11.7. The molecule has 31 heteroatoms. The molecule has 0 aromatic heterocycles. The number of methoxy groups -OCH3 is 2. The number of nitrogens with zero attached hydrogens (tertiary/aromatic N) is 1. The van der Waals surface area contributed by atoms with Crippen molar-refractivity contribution in [3.8, 4) is 0 Å². The minimum absolute atomic E-state index is 0. The maximum Gasteiger partial charge on any atom is 1.00 e. The second-order valence-corrected chi connectivity index (χ2v) is 29.1. The van der Waals surface area contributed by atoms with Gasteiger partial charge in [-0.15, -0.1) is 0 Å². The minimum atomic E-state index is -0.696. The van der Waals surface area contributed by atoms with Crippen molar-refractivity contribution in [3.63, 3.8) is 0 Å². The van der Waals surface area contributed by atoms with Gasteiger partial charge in [0.25, 0.3) is 6.47 Å². The number of carboxylic acids is 1. The fourth-order valence-corrected chi connectivity index (χ4v) is 10.8. The van der Waals surface area contributed by atoms with Crippen molar-refractivity contribution < 1.29 is 172 Å². The molecule has 2 fully saturated rings. The van der Waals surface area contributed by atoms with Crippen LogP contribution in [0.15, 0.2) is 0 Å². The van der Waals surface area contributed by atoms with E-state index in [4.69, 9.17) is 61.2 Å². The molecule has 0 aliphatic carbocycles. The first-order valence-corrected chi connectivity index (χ1v) is 38.6. The summed E-state index contributed by atoms with van der Waals surface area (Å²) in [5.41, 5.74) is 13.8. The molecule has 105 heavy (non-hydrogen) atoms. The number of hydrogen-bond acceptors (Lipinski definition) is 23. The molecule has 2 saturated heterocycles. The Morgan fingerprint density at radius 1 is 0.581 bits per heavy atom. The predicted octanol–water partition coefficient (Wildman–Crippen LogP) is 5.78. The van der Waals surface area contributed by atoms with Gasteiger partial charge in [0.15, 0.2) is 0 Å². The molecule has 0 aromatic rings. The van der Waals surface area contributed by atoms with E-state index < -0.39 is 40.8 Å². The van der Waals surface area contributed by atoms with E-state index in [0.29, 0.717) is 101 Å². The van der Waals surface area contributed by atoms with Crippen molar-refractivity contribution in [2.24, 2.45) is 58.6 Å². The number of halogens is 2. The van der Waals surface area contributed by atoms with Crippen LogP contribution in [0.1, 0.15) is 281 Å². The zero-order valence-electron chi connectivity index (χ0n) is 69.7. The van der Waals surface area contributed by atoms with Gasteiger partial charge in [-0.1, -0.05) is 139 Å². The average Bonchev–Trinajstić information content (AvgIpc) is 1.70. The number of carbonyl (C=O) groups excluding carboxylic acids is 11. The van der Waals surface area contributed by atoms with Crippen LogP contribution in [-0.2, 0) is 95.6 Å². The first-order chi connectivity index (χ1) is 47.9. The predicted molar refractivity (Wildman–Crippen MR) is 403 cm³/mol. The summed E-state index contributed by atoms with van der Waals surface area (Å²) in [6, 6.07) is -0.862. The van der Waals surface area contributed by atoms with Crippen LogP contribution in [0.5, 0.6) is 0 Å². The van der Waals surface area contributed by atoms with Gasteiger partial charge in [-0.25, -0.2) is 0 Å². The maximum absolute atomic E-state index is 11.7. The largest absolute Gasteiger partial charge is 1.00 e. The van der Waals surface area contributed by atoms with E-state index >= 15 is 0 Å². The Morgan fingerprint density at radius 2 is 0.952 bits per heavy atom. The van der Waals surface area contributed by atoms with Gasteiger partial charge in [-0.05, 0) is 151 Å². The van der Waals surface area contributed by atoms with E-state index in [-0.39, 0.29) is 158 Å². The number of alkyl halides is 2. The van der Waals surface area contributed by atoms with Gasteiger partial charge in [-0.2, -0.15) is 0 Å². The molecule has 2 aliphatic heterocycles. The summed E-state index contributed by atoms with van der Waals surface area (Å²) in [6.07, 6.45) is 17.3. The molecule has 0 spiro atoms. The summed E-state index contributed by atoms with van der Waals surface area (Å²) in [4.78, 5) is 135. The first-order valence-electron chi connectivity index (χ1n) is 36.4. The van der Waals surface area contributed by atoms with Gasteiger partial charge in [0.1, 0.15) is 22.8 Å². The molecule has 0 aromatic carbocycles. The van der Waals surface area contributed by atoms with Crippen molar-refractivity contribution in [3.05, 3.63) is 0 Å². The van der Waals surface area contributed by atoms with Crippen LogP contribution < -0.4 is 81.6 Å². The molecule has 610 valence electrons. The number of primary amides is 2. The summed E-state index contributed by atoms with van der Waals surface area (Å²) in [7, 11) is 2.67. The number of esters is 7. The van der Waals surface area contributed by atoms with Gasteiger partial charge >= 0.3 is 107 Å². The first kappa shape index (κ1) is 120. The smallest absolute Gasteiger partial charge is 1.00 e. The van der Waals surface area contributed by atoms with E-state index in [1.54, 1.807) is 46.4 Å². The Balaban J connectivity index is -0.000000124. The van der Waals surface area contributed by atoms with Crippen molar-refractivity contribution in [1.29, 1.82) is 0 Å². The van der Waals surface area contributed by atoms with Gasteiger partial charge in [0.2, 0.25) is 17.7 Å². The molecule has 8 N–H and O–H groups in total. The van der Waals surface area contributed by atoms with Crippen LogP contribution in [0.25, 0.3) is 0 Å². The number of carbonyl (C=O) groups is 12. The van der Waals surface area contributed by atoms with Crippen LogP contribution in [0.2, 0.25) is 0 Å². The van der Waals surface area contributed by atoms with Crippen LogP contribution in [0, 0.1) is 41.4 Å². The molecule has 0 bridgehead atoms. The SMILES string of the molecule is CCCC(CC(=O)OC(C)(C)C)C(=O)OC.CCC[C@@H](CBr)CC(=O)O.CCC[C@@H](CBr)CC(=O)OCC.CCC[C@@H](CO)CC(=O)OC(C)(C)C.CCC[C@@H]1CC(=O)N([C@@H](CC)C(N)=O)C1.CCC[C@H](CC(=O)OC(C)(C)C)C(=O)OC.CCC[C@H]1COC(=O)C1.CC[C@H](N)C(N)=O.O=CO[O-].[H-].[Na+].[Na+]. The Labute approximate surface area is 692 Å².